The molecule has 40 heavy (non-hydrogen) atoms. The average Bonchev–Trinajstić information content (AvgIpc) is 3.45. The Hall–Kier alpha value is -4.28. The third kappa shape index (κ3) is 5.28. The molecular formula is C29H30F3N5O3. The van der Waals surface area contributed by atoms with E-state index in [1.807, 2.05) is 36.7 Å². The van der Waals surface area contributed by atoms with Crippen LogP contribution < -0.4 is 9.47 Å². The molecule has 1 aliphatic rings. The van der Waals surface area contributed by atoms with Crippen LogP contribution in [0.3, 0.4) is 0 Å². The summed E-state index contributed by atoms with van der Waals surface area (Å²) in [5.74, 6) is 1.73. The smallest absolute Gasteiger partial charge is 0.435 e. The second-order valence-electron chi connectivity index (χ2n) is 9.99. The van der Waals surface area contributed by atoms with E-state index in [4.69, 9.17) is 9.47 Å². The zero-order valence-electron chi connectivity index (χ0n) is 23.0. The van der Waals surface area contributed by atoms with E-state index in [1.165, 1.54) is 13.2 Å². The van der Waals surface area contributed by atoms with Crippen LogP contribution in [-0.2, 0) is 32.7 Å². The number of hydrogen-bond donors (Lipinski definition) is 0. The number of ether oxygens (including phenoxy) is 2. The predicted molar refractivity (Wildman–Crippen MR) is 142 cm³/mol. The quantitative estimate of drug-likeness (QED) is 0.315. The SMILES string of the molecule is COc1cc(CN2CCc3c(cc(Cn4cc(C)nc4C)cc3-c3cn(C)nc3C(F)(F)F)C2=O)cc(OC)c1. The van der Waals surface area contributed by atoms with Gasteiger partial charge >= 0.3 is 6.18 Å². The summed E-state index contributed by atoms with van der Waals surface area (Å²) in [6.45, 7) is 4.74. The van der Waals surface area contributed by atoms with E-state index in [0.717, 1.165) is 21.8 Å². The van der Waals surface area contributed by atoms with Crippen LogP contribution in [0.5, 0.6) is 11.5 Å². The van der Waals surface area contributed by atoms with Gasteiger partial charge in [0.05, 0.1) is 19.9 Å². The number of rotatable bonds is 7. The lowest BCUT2D eigenvalue weighted by Crippen LogP contribution is -2.37. The van der Waals surface area contributed by atoms with Gasteiger partial charge in [-0.3, -0.25) is 9.48 Å². The summed E-state index contributed by atoms with van der Waals surface area (Å²) in [6, 6.07) is 8.96. The predicted octanol–water partition coefficient (Wildman–Crippen LogP) is 5.18. The van der Waals surface area contributed by atoms with Crippen LogP contribution in [-0.4, -0.2) is 50.9 Å². The van der Waals surface area contributed by atoms with Crippen molar-refractivity contribution in [2.45, 2.75) is 39.5 Å². The van der Waals surface area contributed by atoms with Crippen LogP contribution in [0, 0.1) is 13.8 Å². The molecule has 210 valence electrons. The number of carbonyl (C=O) groups excluding carboxylic acids is 1. The lowest BCUT2D eigenvalue weighted by Gasteiger charge is -2.31. The Kier molecular flexibility index (Phi) is 7.07. The van der Waals surface area contributed by atoms with Crippen LogP contribution in [0.15, 0.2) is 42.7 Å². The van der Waals surface area contributed by atoms with E-state index < -0.39 is 11.9 Å². The lowest BCUT2D eigenvalue weighted by molar-refractivity contribution is -0.140. The van der Waals surface area contributed by atoms with Gasteiger partial charge in [-0.15, -0.1) is 0 Å². The molecule has 0 bridgehead atoms. The number of methoxy groups -OCH3 is 2. The van der Waals surface area contributed by atoms with Crippen molar-refractivity contribution in [2.24, 2.45) is 7.05 Å². The highest BCUT2D eigenvalue weighted by molar-refractivity contribution is 5.99. The maximum absolute atomic E-state index is 14.0. The van der Waals surface area contributed by atoms with Crippen LogP contribution in [0.25, 0.3) is 11.1 Å². The molecule has 0 saturated heterocycles. The molecule has 2 aromatic carbocycles. The second kappa shape index (κ2) is 10.4. The molecule has 0 N–H and O–H groups in total. The number of aryl methyl sites for hydroxylation is 3. The maximum atomic E-state index is 14.0. The minimum absolute atomic E-state index is 0.0367. The number of imidazole rings is 1. The Balaban J connectivity index is 1.60. The minimum atomic E-state index is -4.65. The number of alkyl halides is 3. The van der Waals surface area contributed by atoms with Crippen LogP contribution >= 0.6 is 0 Å². The van der Waals surface area contributed by atoms with Gasteiger partial charge < -0.3 is 18.9 Å². The largest absolute Gasteiger partial charge is 0.497 e. The van der Waals surface area contributed by atoms with E-state index in [9.17, 15) is 18.0 Å². The molecule has 11 heteroatoms. The Morgan fingerprint density at radius 1 is 0.900 bits per heavy atom. The number of amides is 1. The molecule has 0 unspecified atom stereocenters. The van der Waals surface area contributed by atoms with E-state index in [-0.39, 0.29) is 11.5 Å². The van der Waals surface area contributed by atoms with Gasteiger partial charge in [-0.05, 0) is 66.8 Å². The summed E-state index contributed by atoms with van der Waals surface area (Å²) in [5, 5.41) is 3.72. The van der Waals surface area contributed by atoms with E-state index >= 15 is 0 Å². The Bertz CT molecular complexity index is 1570. The fourth-order valence-corrected chi connectivity index (χ4v) is 5.29. The van der Waals surface area contributed by atoms with Gasteiger partial charge in [-0.25, -0.2) is 4.98 Å². The average molecular weight is 554 g/mol. The molecular weight excluding hydrogens is 523 g/mol. The normalized spacial score (nSPS) is 13.5. The standard InChI is InChI=1S/C29H30F3N5O3/c1-17-13-37(18(2)33-17)15-20-10-24(26-16-35(3)34-27(26)29(30,31)32)23-6-7-36(28(38)25(23)11-20)14-19-8-21(39-4)12-22(9-19)40-5/h8-13,16H,6-7,14-15H2,1-5H3. The summed E-state index contributed by atoms with van der Waals surface area (Å²) < 4.78 is 55.8. The first-order valence-electron chi connectivity index (χ1n) is 12.8. The molecule has 0 atom stereocenters. The summed E-state index contributed by atoms with van der Waals surface area (Å²) >= 11 is 0. The van der Waals surface area contributed by atoms with Gasteiger partial charge in [0.2, 0.25) is 0 Å². The van der Waals surface area contributed by atoms with Crippen molar-refractivity contribution in [1.82, 2.24) is 24.2 Å². The molecule has 5 rings (SSSR count). The highest BCUT2D eigenvalue weighted by Crippen LogP contribution is 2.40. The topological polar surface area (TPSA) is 74.4 Å². The Labute approximate surface area is 230 Å². The molecule has 0 radical (unpaired) electrons. The number of hydrogen-bond acceptors (Lipinski definition) is 5. The van der Waals surface area contributed by atoms with E-state index in [2.05, 4.69) is 10.1 Å². The van der Waals surface area contributed by atoms with E-state index in [0.29, 0.717) is 59.8 Å². The monoisotopic (exact) mass is 553 g/mol. The van der Waals surface area contributed by atoms with Gasteiger partial charge in [0.1, 0.15) is 17.3 Å². The lowest BCUT2D eigenvalue weighted by atomic mass is 9.88. The van der Waals surface area contributed by atoms with Gasteiger partial charge in [0, 0.05) is 56.3 Å². The zero-order chi connectivity index (χ0) is 28.8. The van der Waals surface area contributed by atoms with Crippen molar-refractivity contribution >= 4 is 5.91 Å². The maximum Gasteiger partial charge on any atom is 0.435 e. The molecule has 0 aliphatic carbocycles. The van der Waals surface area contributed by atoms with Crippen molar-refractivity contribution in [3.63, 3.8) is 0 Å². The number of aromatic nitrogens is 4. The molecule has 8 nitrogen and oxygen atoms in total. The van der Waals surface area contributed by atoms with Crippen molar-refractivity contribution in [3.8, 4) is 22.6 Å². The molecule has 0 fully saturated rings. The first kappa shape index (κ1) is 27.3. The van der Waals surface area contributed by atoms with Crippen molar-refractivity contribution in [1.29, 1.82) is 0 Å². The number of fused-ring (bicyclic) bond motifs is 1. The number of halogens is 3. The van der Waals surface area contributed by atoms with Gasteiger partial charge in [0.25, 0.3) is 5.91 Å². The molecule has 4 aromatic rings. The van der Waals surface area contributed by atoms with Gasteiger partial charge in [-0.2, -0.15) is 18.3 Å². The molecule has 1 amide bonds. The fourth-order valence-electron chi connectivity index (χ4n) is 5.29. The van der Waals surface area contributed by atoms with Crippen LogP contribution in [0.4, 0.5) is 13.2 Å². The second-order valence-corrected chi connectivity index (χ2v) is 9.99. The first-order valence-corrected chi connectivity index (χ1v) is 12.8. The summed E-state index contributed by atoms with van der Waals surface area (Å²) in [7, 11) is 4.57. The highest BCUT2D eigenvalue weighted by atomic mass is 19.4. The highest BCUT2D eigenvalue weighted by Gasteiger charge is 2.39. The van der Waals surface area contributed by atoms with E-state index in [1.54, 1.807) is 37.3 Å². The third-order valence-corrected chi connectivity index (χ3v) is 7.08. The Morgan fingerprint density at radius 3 is 2.15 bits per heavy atom. The van der Waals surface area contributed by atoms with Crippen LogP contribution in [0.1, 0.15) is 44.3 Å². The fraction of sp³-hybridized carbons (Fsp3) is 0.345. The minimum Gasteiger partial charge on any atom is -0.497 e. The Morgan fingerprint density at radius 2 is 1.55 bits per heavy atom. The molecule has 3 heterocycles. The molecule has 1 aliphatic heterocycles. The number of nitrogens with zero attached hydrogens (tertiary/aromatic N) is 5. The number of carbonyl (C=O) groups is 1. The number of benzene rings is 2. The first-order chi connectivity index (χ1) is 19.0. The molecule has 0 saturated carbocycles. The van der Waals surface area contributed by atoms with Crippen molar-refractivity contribution in [3.05, 3.63) is 82.2 Å². The summed E-state index contributed by atoms with van der Waals surface area (Å²) in [5.41, 5.74) is 2.69. The van der Waals surface area contributed by atoms with Crippen molar-refractivity contribution in [2.75, 3.05) is 20.8 Å². The third-order valence-electron chi connectivity index (χ3n) is 7.08. The summed E-state index contributed by atoms with van der Waals surface area (Å²) in [6.07, 6.45) is -1.00. The zero-order valence-corrected chi connectivity index (χ0v) is 23.0. The van der Waals surface area contributed by atoms with Gasteiger partial charge in [0.15, 0.2) is 5.69 Å². The van der Waals surface area contributed by atoms with Crippen LogP contribution in [0.2, 0.25) is 0 Å². The van der Waals surface area contributed by atoms with Gasteiger partial charge in [-0.1, -0.05) is 0 Å². The van der Waals surface area contributed by atoms with Crippen molar-refractivity contribution < 1.29 is 27.4 Å². The summed E-state index contributed by atoms with van der Waals surface area (Å²) in [4.78, 5) is 20.0. The molecule has 2 aromatic heterocycles. The molecule has 0 spiro atoms.